The minimum Gasteiger partial charge on any atom is -0.481 e. The Bertz CT molecular complexity index is 704. The van der Waals surface area contributed by atoms with E-state index in [2.05, 4.69) is 4.98 Å². The maximum Gasteiger partial charge on any atom is 0.417 e. The monoisotopic (exact) mass is 345 g/mol. The zero-order valence-corrected chi connectivity index (χ0v) is 12.4. The Labute approximate surface area is 134 Å². The quantitative estimate of drug-likeness (QED) is 0.852. The third-order valence-corrected chi connectivity index (χ3v) is 4.76. The molecule has 9 heteroatoms. The molecule has 1 aromatic heterocycles. The average molecular weight is 346 g/mol. The topological polar surface area (TPSA) is 77.2 Å². The number of carboxylic acid groups (broad SMARTS) is 1. The summed E-state index contributed by atoms with van der Waals surface area (Å²) in [4.78, 5) is 16.3. The predicted octanol–water partition coefficient (Wildman–Crippen LogP) is 2.78. The highest BCUT2D eigenvalue weighted by molar-refractivity contribution is 6.30. The van der Waals surface area contributed by atoms with Crippen LogP contribution in [0.3, 0.4) is 0 Å². The summed E-state index contributed by atoms with van der Waals surface area (Å²) in [6, 6.07) is 2.27. The molecule has 0 aromatic carbocycles. The normalized spacial score (nSPS) is 25.9. The Balaban J connectivity index is 1.83. The summed E-state index contributed by atoms with van der Waals surface area (Å²) in [7, 11) is 0. The van der Waals surface area contributed by atoms with Gasteiger partial charge in [0, 0.05) is 19.5 Å². The molecule has 1 saturated carbocycles. The minimum atomic E-state index is -4.69. The molecule has 5 nitrogen and oxygen atoms in total. The van der Waals surface area contributed by atoms with Crippen LogP contribution in [0.25, 0.3) is 0 Å². The summed E-state index contributed by atoms with van der Waals surface area (Å²) in [6.45, 7) is 0.907. The first kappa shape index (κ1) is 15.9. The van der Waals surface area contributed by atoms with Crippen molar-refractivity contribution >= 4 is 23.4 Å². The van der Waals surface area contributed by atoms with Crippen molar-refractivity contribution in [2.24, 2.45) is 17.8 Å². The van der Waals surface area contributed by atoms with E-state index >= 15 is 0 Å². The molecule has 122 valence electrons. The van der Waals surface area contributed by atoms with Crippen molar-refractivity contribution < 1.29 is 23.1 Å². The van der Waals surface area contributed by atoms with Crippen LogP contribution in [0, 0.1) is 29.1 Å². The molecule has 1 aromatic rings. The van der Waals surface area contributed by atoms with E-state index in [0.29, 0.717) is 13.1 Å². The van der Waals surface area contributed by atoms with E-state index < -0.39 is 28.4 Å². The Morgan fingerprint density at radius 1 is 1.48 bits per heavy atom. The highest BCUT2D eigenvalue weighted by Gasteiger charge is 2.56. The van der Waals surface area contributed by atoms with Crippen molar-refractivity contribution in [1.29, 1.82) is 5.26 Å². The number of piperidine rings is 1. The maximum atomic E-state index is 13.1. The number of alkyl halides is 3. The van der Waals surface area contributed by atoms with Crippen LogP contribution in [0.15, 0.2) is 6.07 Å². The van der Waals surface area contributed by atoms with Crippen molar-refractivity contribution in [1.82, 2.24) is 4.98 Å². The van der Waals surface area contributed by atoms with E-state index in [4.69, 9.17) is 22.0 Å². The second kappa shape index (κ2) is 5.27. The molecule has 1 saturated heterocycles. The Hall–Kier alpha value is -2.01. The molecule has 1 aliphatic heterocycles. The van der Waals surface area contributed by atoms with Gasteiger partial charge in [0.25, 0.3) is 0 Å². The van der Waals surface area contributed by atoms with E-state index in [1.54, 1.807) is 4.90 Å². The highest BCUT2D eigenvalue weighted by atomic mass is 35.5. The number of aliphatic carboxylic acids is 1. The van der Waals surface area contributed by atoms with Gasteiger partial charge in [-0.1, -0.05) is 11.6 Å². The largest absolute Gasteiger partial charge is 0.481 e. The molecule has 3 rings (SSSR count). The molecular formula is C14H11ClF3N3O2. The second-order valence-corrected chi connectivity index (χ2v) is 6.16. The lowest BCUT2D eigenvalue weighted by Crippen LogP contribution is -2.26. The zero-order chi connectivity index (χ0) is 16.9. The first-order valence-electron chi connectivity index (χ1n) is 6.87. The number of nitriles is 1. The maximum absolute atomic E-state index is 13.1. The van der Waals surface area contributed by atoms with Gasteiger partial charge in [-0.3, -0.25) is 4.79 Å². The van der Waals surface area contributed by atoms with Crippen molar-refractivity contribution in [3.63, 3.8) is 0 Å². The number of hydrogen-bond acceptors (Lipinski definition) is 4. The van der Waals surface area contributed by atoms with Gasteiger partial charge in [0.15, 0.2) is 0 Å². The first-order valence-corrected chi connectivity index (χ1v) is 7.24. The number of nitrogens with zero attached hydrogens (tertiary/aromatic N) is 3. The van der Waals surface area contributed by atoms with Crippen LogP contribution < -0.4 is 4.90 Å². The first-order chi connectivity index (χ1) is 10.7. The van der Waals surface area contributed by atoms with Gasteiger partial charge in [0.05, 0.1) is 5.56 Å². The molecule has 0 spiro atoms. The van der Waals surface area contributed by atoms with Crippen LogP contribution in [0.2, 0.25) is 5.15 Å². The molecule has 3 atom stereocenters. The van der Waals surface area contributed by atoms with Crippen molar-refractivity contribution in [3.05, 3.63) is 22.3 Å². The fraction of sp³-hybridized carbons (Fsp3) is 0.500. The number of pyridine rings is 1. The molecule has 2 heterocycles. The number of halogens is 4. The summed E-state index contributed by atoms with van der Waals surface area (Å²) < 4.78 is 39.2. The minimum absolute atomic E-state index is 0.0719. The molecule has 0 radical (unpaired) electrons. The third kappa shape index (κ3) is 2.81. The van der Waals surface area contributed by atoms with E-state index in [1.165, 1.54) is 6.07 Å². The molecular weight excluding hydrogens is 335 g/mol. The standard InChI is InChI=1S/C14H11ClF3N3O2/c15-13-7(3-19)10(14(16,17)18)2-11(20-13)21-4-8-6(1-12(22)23)9(8)5-21/h2,6,8-9H,1,4-5H2,(H,22,23)/t6-,8-,9+. The molecule has 2 aliphatic rings. The third-order valence-electron chi connectivity index (χ3n) is 4.48. The van der Waals surface area contributed by atoms with Crippen molar-refractivity contribution in [2.75, 3.05) is 18.0 Å². The van der Waals surface area contributed by atoms with Gasteiger partial charge in [0.2, 0.25) is 0 Å². The lowest BCUT2D eigenvalue weighted by Gasteiger charge is -2.22. The van der Waals surface area contributed by atoms with Gasteiger partial charge in [-0.25, -0.2) is 4.98 Å². The van der Waals surface area contributed by atoms with Gasteiger partial charge in [-0.2, -0.15) is 18.4 Å². The molecule has 0 unspecified atom stereocenters. The van der Waals surface area contributed by atoms with Gasteiger partial charge in [-0.05, 0) is 23.8 Å². The molecule has 1 aliphatic carbocycles. The Kier molecular flexibility index (Phi) is 3.64. The summed E-state index contributed by atoms with van der Waals surface area (Å²) in [6.07, 6.45) is -4.61. The number of carbonyl (C=O) groups is 1. The molecule has 1 N–H and O–H groups in total. The van der Waals surface area contributed by atoms with Gasteiger partial charge in [0.1, 0.15) is 22.6 Å². The number of carboxylic acids is 1. The van der Waals surface area contributed by atoms with Crippen LogP contribution in [0.1, 0.15) is 17.5 Å². The average Bonchev–Trinajstić information content (AvgIpc) is 2.89. The van der Waals surface area contributed by atoms with Crippen molar-refractivity contribution in [2.45, 2.75) is 12.6 Å². The summed E-state index contributed by atoms with van der Waals surface area (Å²) in [5, 5.41) is 17.2. The van der Waals surface area contributed by atoms with E-state index in [1.807, 2.05) is 0 Å². The zero-order valence-electron chi connectivity index (χ0n) is 11.6. The van der Waals surface area contributed by atoms with Crippen LogP contribution in [-0.2, 0) is 11.0 Å². The fourth-order valence-corrected chi connectivity index (χ4v) is 3.56. The summed E-state index contributed by atoms with van der Waals surface area (Å²) in [5.41, 5.74) is -1.78. The van der Waals surface area contributed by atoms with Crippen LogP contribution in [0.5, 0.6) is 0 Å². The molecule has 23 heavy (non-hydrogen) atoms. The van der Waals surface area contributed by atoms with Crippen LogP contribution in [-0.4, -0.2) is 29.1 Å². The predicted molar refractivity (Wildman–Crippen MR) is 73.9 cm³/mol. The fourth-order valence-electron chi connectivity index (χ4n) is 3.33. The molecule has 0 amide bonds. The SMILES string of the molecule is N#Cc1c(C(F)(F)F)cc(N2C[C@@H]3[C@@H](CC(=O)O)[C@@H]3C2)nc1Cl. The van der Waals surface area contributed by atoms with Crippen LogP contribution >= 0.6 is 11.6 Å². The molecule has 2 fully saturated rings. The smallest absolute Gasteiger partial charge is 0.417 e. The number of rotatable bonds is 3. The summed E-state index contributed by atoms with van der Waals surface area (Å²) in [5.74, 6) is -0.384. The summed E-state index contributed by atoms with van der Waals surface area (Å²) >= 11 is 5.73. The van der Waals surface area contributed by atoms with E-state index in [-0.39, 0.29) is 30.0 Å². The Morgan fingerprint density at radius 3 is 2.57 bits per heavy atom. The molecule has 0 bridgehead atoms. The van der Waals surface area contributed by atoms with Gasteiger partial charge in [-0.15, -0.1) is 0 Å². The number of fused-ring (bicyclic) bond motifs is 1. The van der Waals surface area contributed by atoms with Crippen LogP contribution in [0.4, 0.5) is 19.0 Å². The van der Waals surface area contributed by atoms with E-state index in [0.717, 1.165) is 6.07 Å². The second-order valence-electron chi connectivity index (χ2n) is 5.80. The van der Waals surface area contributed by atoms with Gasteiger partial charge >= 0.3 is 12.1 Å². The van der Waals surface area contributed by atoms with Crippen molar-refractivity contribution in [3.8, 4) is 6.07 Å². The number of aromatic nitrogens is 1. The lowest BCUT2D eigenvalue weighted by atomic mass is 10.1. The number of hydrogen-bond donors (Lipinski definition) is 1. The number of anilines is 1. The highest BCUT2D eigenvalue weighted by Crippen LogP contribution is 2.54. The Morgan fingerprint density at radius 2 is 2.09 bits per heavy atom. The lowest BCUT2D eigenvalue weighted by molar-refractivity contribution is -0.138. The van der Waals surface area contributed by atoms with Gasteiger partial charge < -0.3 is 10.0 Å². The van der Waals surface area contributed by atoms with E-state index in [9.17, 15) is 18.0 Å².